The molecule has 3 nitrogen and oxygen atoms in total. The standard InChI is InChI=1S/C9H16N2OS/c1-2-5-12-8(3-1)7-11-9-10-4-6-13-9/h8H,1-7H2,(H,10,11). The summed E-state index contributed by atoms with van der Waals surface area (Å²) >= 11 is 1.81. The molecule has 13 heavy (non-hydrogen) atoms. The van der Waals surface area contributed by atoms with Crippen LogP contribution in [0.1, 0.15) is 19.3 Å². The molecule has 0 radical (unpaired) electrons. The molecule has 0 aromatic heterocycles. The van der Waals surface area contributed by atoms with Crippen LogP contribution in [0.25, 0.3) is 0 Å². The van der Waals surface area contributed by atoms with Crippen molar-refractivity contribution in [2.45, 2.75) is 25.4 Å². The molecule has 1 unspecified atom stereocenters. The number of aliphatic imine (C=N–C) groups is 1. The second-order valence-electron chi connectivity index (χ2n) is 3.40. The second-order valence-corrected chi connectivity index (χ2v) is 4.49. The van der Waals surface area contributed by atoms with E-state index in [1.165, 1.54) is 19.3 Å². The number of hydrogen-bond acceptors (Lipinski definition) is 4. The van der Waals surface area contributed by atoms with E-state index in [4.69, 9.17) is 4.74 Å². The molecular weight excluding hydrogens is 184 g/mol. The summed E-state index contributed by atoms with van der Waals surface area (Å²) in [6.07, 6.45) is 4.15. The number of thioether (sulfide) groups is 1. The van der Waals surface area contributed by atoms with E-state index in [0.717, 1.165) is 30.6 Å². The molecular formula is C9H16N2OS. The Balaban J connectivity index is 1.66. The van der Waals surface area contributed by atoms with Crippen LogP contribution in [0.2, 0.25) is 0 Å². The zero-order chi connectivity index (χ0) is 8.93. The highest BCUT2D eigenvalue weighted by Gasteiger charge is 2.14. The smallest absolute Gasteiger partial charge is 0.156 e. The summed E-state index contributed by atoms with van der Waals surface area (Å²) in [5, 5.41) is 4.44. The van der Waals surface area contributed by atoms with Gasteiger partial charge in [-0.05, 0) is 19.3 Å². The lowest BCUT2D eigenvalue weighted by Gasteiger charge is -2.22. The van der Waals surface area contributed by atoms with Crippen LogP contribution in [0.4, 0.5) is 0 Å². The van der Waals surface area contributed by atoms with Gasteiger partial charge in [0.1, 0.15) is 0 Å². The highest BCUT2D eigenvalue weighted by Crippen LogP contribution is 2.13. The molecule has 2 aliphatic rings. The second kappa shape index (κ2) is 4.86. The molecule has 4 heteroatoms. The van der Waals surface area contributed by atoms with Gasteiger partial charge in [0.2, 0.25) is 0 Å². The van der Waals surface area contributed by atoms with E-state index >= 15 is 0 Å². The minimum absolute atomic E-state index is 0.414. The first-order chi connectivity index (χ1) is 6.45. The molecule has 2 heterocycles. The van der Waals surface area contributed by atoms with Crippen LogP contribution in [-0.2, 0) is 4.74 Å². The van der Waals surface area contributed by atoms with Gasteiger partial charge >= 0.3 is 0 Å². The maximum absolute atomic E-state index is 5.61. The molecule has 0 aromatic rings. The van der Waals surface area contributed by atoms with Crippen molar-refractivity contribution in [1.82, 2.24) is 5.32 Å². The maximum atomic E-state index is 5.61. The molecule has 0 saturated carbocycles. The maximum Gasteiger partial charge on any atom is 0.156 e. The Bertz CT molecular complexity index is 190. The monoisotopic (exact) mass is 200 g/mol. The van der Waals surface area contributed by atoms with Crippen LogP contribution >= 0.6 is 11.8 Å². The number of hydrogen-bond donors (Lipinski definition) is 1. The molecule has 0 aliphatic carbocycles. The van der Waals surface area contributed by atoms with E-state index in [1.807, 2.05) is 11.8 Å². The number of ether oxygens (including phenoxy) is 1. The normalized spacial score (nSPS) is 28.6. The largest absolute Gasteiger partial charge is 0.376 e. The average Bonchev–Trinajstić information content (AvgIpc) is 2.69. The SMILES string of the molecule is C1CCC(CNC2=NCCS2)OC1. The lowest BCUT2D eigenvalue weighted by atomic mass is 10.1. The predicted molar refractivity (Wildman–Crippen MR) is 56.4 cm³/mol. The molecule has 0 spiro atoms. The van der Waals surface area contributed by atoms with Gasteiger partial charge in [-0.3, -0.25) is 4.99 Å². The number of rotatable bonds is 2. The van der Waals surface area contributed by atoms with Crippen molar-refractivity contribution in [2.24, 2.45) is 4.99 Å². The Kier molecular flexibility index (Phi) is 3.49. The molecule has 2 rings (SSSR count). The van der Waals surface area contributed by atoms with Gasteiger partial charge in [-0.15, -0.1) is 0 Å². The highest BCUT2D eigenvalue weighted by atomic mass is 32.2. The summed E-state index contributed by atoms with van der Waals surface area (Å²) < 4.78 is 5.61. The van der Waals surface area contributed by atoms with Crippen LogP contribution < -0.4 is 5.32 Å². The van der Waals surface area contributed by atoms with Crippen LogP contribution in [-0.4, -0.2) is 36.7 Å². The van der Waals surface area contributed by atoms with Crippen molar-refractivity contribution in [3.05, 3.63) is 0 Å². The van der Waals surface area contributed by atoms with E-state index < -0.39 is 0 Å². The van der Waals surface area contributed by atoms with Crippen LogP contribution in [0.15, 0.2) is 4.99 Å². The van der Waals surface area contributed by atoms with Crippen LogP contribution in [0, 0.1) is 0 Å². The van der Waals surface area contributed by atoms with Gasteiger partial charge in [0, 0.05) is 18.9 Å². The summed E-state index contributed by atoms with van der Waals surface area (Å²) in [5.41, 5.74) is 0. The topological polar surface area (TPSA) is 33.6 Å². The van der Waals surface area contributed by atoms with Crippen molar-refractivity contribution in [3.63, 3.8) is 0 Å². The summed E-state index contributed by atoms with van der Waals surface area (Å²) in [6.45, 7) is 2.84. The first-order valence-electron chi connectivity index (χ1n) is 4.98. The zero-order valence-electron chi connectivity index (χ0n) is 7.79. The summed E-state index contributed by atoms with van der Waals surface area (Å²) in [7, 11) is 0. The quantitative estimate of drug-likeness (QED) is 0.728. The van der Waals surface area contributed by atoms with Gasteiger partial charge in [0.05, 0.1) is 12.6 Å². The lowest BCUT2D eigenvalue weighted by molar-refractivity contribution is 0.0197. The fraction of sp³-hybridized carbons (Fsp3) is 0.889. The van der Waals surface area contributed by atoms with Gasteiger partial charge < -0.3 is 10.1 Å². The Labute approximate surface area is 83.3 Å². The Morgan fingerprint density at radius 3 is 3.23 bits per heavy atom. The van der Waals surface area contributed by atoms with Crippen LogP contribution in [0.3, 0.4) is 0 Å². The van der Waals surface area contributed by atoms with Crippen LogP contribution in [0.5, 0.6) is 0 Å². The molecule has 0 aromatic carbocycles. The molecule has 0 bridgehead atoms. The summed E-state index contributed by atoms with van der Waals surface area (Å²) in [5.74, 6) is 1.13. The van der Waals surface area contributed by atoms with Crippen molar-refractivity contribution in [1.29, 1.82) is 0 Å². The fourth-order valence-electron chi connectivity index (χ4n) is 1.61. The average molecular weight is 200 g/mol. The predicted octanol–water partition coefficient (Wildman–Crippen LogP) is 1.25. The minimum atomic E-state index is 0.414. The first kappa shape index (κ1) is 9.34. The van der Waals surface area contributed by atoms with Crippen molar-refractivity contribution < 1.29 is 4.74 Å². The van der Waals surface area contributed by atoms with Crippen molar-refractivity contribution in [3.8, 4) is 0 Å². The molecule has 74 valence electrons. The molecule has 1 N–H and O–H groups in total. The molecule has 1 saturated heterocycles. The van der Waals surface area contributed by atoms with Gasteiger partial charge in [-0.2, -0.15) is 0 Å². The highest BCUT2D eigenvalue weighted by molar-refractivity contribution is 8.14. The molecule has 0 amide bonds. The van der Waals surface area contributed by atoms with E-state index in [9.17, 15) is 0 Å². The zero-order valence-corrected chi connectivity index (χ0v) is 8.61. The summed E-state index contributed by atoms with van der Waals surface area (Å²) in [4.78, 5) is 4.33. The van der Waals surface area contributed by atoms with Crippen molar-refractivity contribution in [2.75, 3.05) is 25.4 Å². The van der Waals surface area contributed by atoms with E-state index in [-0.39, 0.29) is 0 Å². The van der Waals surface area contributed by atoms with Crippen molar-refractivity contribution >= 4 is 16.9 Å². The third-order valence-electron chi connectivity index (χ3n) is 2.34. The lowest BCUT2D eigenvalue weighted by Crippen LogP contribution is -2.33. The first-order valence-corrected chi connectivity index (χ1v) is 5.96. The number of nitrogens with zero attached hydrogens (tertiary/aromatic N) is 1. The third-order valence-corrected chi connectivity index (χ3v) is 3.27. The van der Waals surface area contributed by atoms with Gasteiger partial charge in [-0.1, -0.05) is 11.8 Å². The Morgan fingerprint density at radius 2 is 2.54 bits per heavy atom. The van der Waals surface area contributed by atoms with Gasteiger partial charge in [0.15, 0.2) is 5.17 Å². The molecule has 1 atom stereocenters. The Morgan fingerprint density at radius 1 is 1.54 bits per heavy atom. The van der Waals surface area contributed by atoms with Gasteiger partial charge in [0.25, 0.3) is 0 Å². The molecule has 1 fully saturated rings. The van der Waals surface area contributed by atoms with E-state index in [0.29, 0.717) is 6.10 Å². The minimum Gasteiger partial charge on any atom is -0.376 e. The Hall–Kier alpha value is -0.220. The van der Waals surface area contributed by atoms with E-state index in [2.05, 4.69) is 10.3 Å². The number of amidine groups is 1. The number of nitrogens with one attached hydrogen (secondary N) is 1. The van der Waals surface area contributed by atoms with Gasteiger partial charge in [-0.25, -0.2) is 0 Å². The molecule has 2 aliphatic heterocycles. The fourth-order valence-corrected chi connectivity index (χ4v) is 2.36. The third kappa shape index (κ3) is 2.88. The summed E-state index contributed by atoms with van der Waals surface area (Å²) in [6, 6.07) is 0. The van der Waals surface area contributed by atoms with E-state index in [1.54, 1.807) is 0 Å².